The van der Waals surface area contributed by atoms with Crippen molar-refractivity contribution < 1.29 is 4.39 Å². The Morgan fingerprint density at radius 1 is 1.37 bits per heavy atom. The highest BCUT2D eigenvalue weighted by Gasteiger charge is 2.18. The van der Waals surface area contributed by atoms with E-state index in [1.807, 2.05) is 6.07 Å². The van der Waals surface area contributed by atoms with Gasteiger partial charge in [-0.25, -0.2) is 4.39 Å². The van der Waals surface area contributed by atoms with E-state index in [4.69, 9.17) is 5.26 Å². The number of nitrogens with one attached hydrogen (secondary N) is 1. The molecule has 19 heavy (non-hydrogen) atoms. The minimum atomic E-state index is -0.357. The molecule has 2 rings (SSSR count). The van der Waals surface area contributed by atoms with Crippen LogP contribution >= 0.6 is 0 Å². The number of nitriles is 1. The Morgan fingerprint density at radius 3 is 2.74 bits per heavy atom. The zero-order valence-electron chi connectivity index (χ0n) is 11.3. The van der Waals surface area contributed by atoms with Crippen LogP contribution in [-0.2, 0) is 0 Å². The van der Waals surface area contributed by atoms with Crippen LogP contribution in [0.15, 0.2) is 18.2 Å². The van der Waals surface area contributed by atoms with Gasteiger partial charge in [-0.05, 0) is 44.0 Å². The van der Waals surface area contributed by atoms with E-state index in [0.717, 1.165) is 32.5 Å². The van der Waals surface area contributed by atoms with E-state index < -0.39 is 0 Å². The molecule has 3 nitrogen and oxygen atoms in total. The molecule has 1 heterocycles. The molecule has 0 amide bonds. The second-order valence-corrected chi connectivity index (χ2v) is 5.10. The lowest BCUT2D eigenvalue weighted by molar-refractivity contribution is 0.219. The maximum Gasteiger partial charge on any atom is 0.126 e. The number of halogens is 1. The zero-order chi connectivity index (χ0) is 13.7. The van der Waals surface area contributed by atoms with Gasteiger partial charge in [-0.2, -0.15) is 5.26 Å². The predicted molar refractivity (Wildman–Crippen MR) is 74.5 cm³/mol. The first-order valence-corrected chi connectivity index (χ1v) is 6.91. The smallest absolute Gasteiger partial charge is 0.126 e. The van der Waals surface area contributed by atoms with Gasteiger partial charge in [0.05, 0.1) is 11.6 Å². The molecule has 0 spiro atoms. The summed E-state index contributed by atoms with van der Waals surface area (Å²) in [7, 11) is 0. The molecule has 0 aromatic heterocycles. The third kappa shape index (κ3) is 3.93. The highest BCUT2D eigenvalue weighted by Crippen LogP contribution is 2.19. The van der Waals surface area contributed by atoms with Crippen molar-refractivity contribution in [1.82, 2.24) is 4.90 Å². The van der Waals surface area contributed by atoms with E-state index in [0.29, 0.717) is 17.3 Å². The maximum absolute atomic E-state index is 13.3. The molecular formula is C15H20FN3. The van der Waals surface area contributed by atoms with Gasteiger partial charge in [-0.15, -0.1) is 0 Å². The monoisotopic (exact) mass is 261 g/mol. The Balaban J connectivity index is 1.92. The zero-order valence-corrected chi connectivity index (χ0v) is 11.3. The van der Waals surface area contributed by atoms with Gasteiger partial charge >= 0.3 is 0 Å². The minimum absolute atomic E-state index is 0.357. The van der Waals surface area contributed by atoms with Gasteiger partial charge in [0.1, 0.15) is 5.82 Å². The molecule has 0 unspecified atom stereocenters. The SMILES string of the molecule is CCCN1CCC(Nc2cc(F)cc(C#N)c2)CC1. The summed E-state index contributed by atoms with van der Waals surface area (Å²) < 4.78 is 13.3. The molecule has 1 aliphatic heterocycles. The lowest BCUT2D eigenvalue weighted by Gasteiger charge is -2.32. The molecule has 102 valence electrons. The number of piperidine rings is 1. The van der Waals surface area contributed by atoms with Crippen LogP contribution in [0.5, 0.6) is 0 Å². The van der Waals surface area contributed by atoms with Crippen molar-refractivity contribution in [1.29, 1.82) is 5.26 Å². The fraction of sp³-hybridized carbons (Fsp3) is 0.533. The summed E-state index contributed by atoms with van der Waals surface area (Å²) >= 11 is 0. The predicted octanol–water partition coefficient (Wildman–Crippen LogP) is 2.98. The van der Waals surface area contributed by atoms with Crippen molar-refractivity contribution in [2.24, 2.45) is 0 Å². The molecule has 1 fully saturated rings. The largest absolute Gasteiger partial charge is 0.382 e. The molecule has 1 aliphatic rings. The average molecular weight is 261 g/mol. The van der Waals surface area contributed by atoms with Gasteiger partial charge in [0.2, 0.25) is 0 Å². The fourth-order valence-corrected chi connectivity index (χ4v) is 2.59. The van der Waals surface area contributed by atoms with Gasteiger partial charge in [0.15, 0.2) is 0 Å². The molecule has 0 aliphatic carbocycles. The molecule has 4 heteroatoms. The number of anilines is 1. The summed E-state index contributed by atoms with van der Waals surface area (Å²) in [5, 5.41) is 12.2. The second kappa shape index (κ2) is 6.53. The Labute approximate surface area is 114 Å². The average Bonchev–Trinajstić information content (AvgIpc) is 2.40. The van der Waals surface area contributed by atoms with Crippen molar-refractivity contribution in [3.05, 3.63) is 29.6 Å². The highest BCUT2D eigenvalue weighted by atomic mass is 19.1. The maximum atomic E-state index is 13.3. The van der Waals surface area contributed by atoms with Gasteiger partial charge in [0, 0.05) is 24.8 Å². The molecule has 0 radical (unpaired) electrons. The van der Waals surface area contributed by atoms with E-state index in [1.165, 1.54) is 18.6 Å². The van der Waals surface area contributed by atoms with Gasteiger partial charge in [-0.1, -0.05) is 6.92 Å². The summed E-state index contributed by atoms with van der Waals surface area (Å²) in [6, 6.07) is 6.78. The fourth-order valence-electron chi connectivity index (χ4n) is 2.59. The van der Waals surface area contributed by atoms with Crippen molar-refractivity contribution in [2.75, 3.05) is 25.0 Å². The van der Waals surface area contributed by atoms with Crippen LogP contribution in [0.2, 0.25) is 0 Å². The molecule has 0 bridgehead atoms. The lowest BCUT2D eigenvalue weighted by Crippen LogP contribution is -2.39. The number of hydrogen-bond donors (Lipinski definition) is 1. The first-order valence-electron chi connectivity index (χ1n) is 6.91. The Morgan fingerprint density at radius 2 is 2.11 bits per heavy atom. The van der Waals surface area contributed by atoms with Crippen LogP contribution in [0.1, 0.15) is 31.7 Å². The lowest BCUT2D eigenvalue weighted by atomic mass is 10.0. The number of likely N-dealkylation sites (tertiary alicyclic amines) is 1. The summed E-state index contributed by atoms with van der Waals surface area (Å²) in [5.41, 5.74) is 1.08. The summed E-state index contributed by atoms with van der Waals surface area (Å²) in [4.78, 5) is 2.46. The minimum Gasteiger partial charge on any atom is -0.382 e. The van der Waals surface area contributed by atoms with Gasteiger partial charge in [-0.3, -0.25) is 0 Å². The summed E-state index contributed by atoms with van der Waals surface area (Å²) in [5.74, 6) is -0.357. The molecule has 1 aromatic carbocycles. The van der Waals surface area contributed by atoms with Crippen LogP contribution in [-0.4, -0.2) is 30.6 Å². The number of nitrogens with zero attached hydrogens (tertiary/aromatic N) is 2. The second-order valence-electron chi connectivity index (χ2n) is 5.10. The Hall–Kier alpha value is -1.60. The van der Waals surface area contributed by atoms with Crippen molar-refractivity contribution in [2.45, 2.75) is 32.2 Å². The molecule has 1 N–H and O–H groups in total. The molecule has 0 atom stereocenters. The van der Waals surface area contributed by atoms with E-state index >= 15 is 0 Å². The molecular weight excluding hydrogens is 241 g/mol. The van der Waals surface area contributed by atoms with Crippen LogP contribution in [0.25, 0.3) is 0 Å². The number of benzene rings is 1. The third-order valence-corrected chi connectivity index (χ3v) is 3.53. The normalized spacial score (nSPS) is 17.1. The van der Waals surface area contributed by atoms with Crippen molar-refractivity contribution in [3.8, 4) is 6.07 Å². The third-order valence-electron chi connectivity index (χ3n) is 3.53. The van der Waals surface area contributed by atoms with Crippen LogP contribution < -0.4 is 5.32 Å². The number of rotatable bonds is 4. The standard InChI is InChI=1S/C15H20FN3/c1-2-5-19-6-3-14(4-7-19)18-15-9-12(11-17)8-13(16)10-15/h8-10,14,18H,2-7H2,1H3. The first kappa shape index (κ1) is 13.8. The summed E-state index contributed by atoms with van der Waals surface area (Å²) in [6.07, 6.45) is 3.32. The Bertz CT molecular complexity index is 459. The highest BCUT2D eigenvalue weighted by molar-refractivity contribution is 5.50. The van der Waals surface area contributed by atoms with E-state index in [9.17, 15) is 4.39 Å². The van der Waals surface area contributed by atoms with E-state index in [1.54, 1.807) is 6.07 Å². The van der Waals surface area contributed by atoms with Crippen molar-refractivity contribution >= 4 is 5.69 Å². The number of hydrogen-bond acceptors (Lipinski definition) is 3. The van der Waals surface area contributed by atoms with E-state index in [-0.39, 0.29) is 5.82 Å². The molecule has 1 aromatic rings. The van der Waals surface area contributed by atoms with Crippen LogP contribution in [0.4, 0.5) is 10.1 Å². The van der Waals surface area contributed by atoms with E-state index in [2.05, 4.69) is 17.1 Å². The van der Waals surface area contributed by atoms with Crippen LogP contribution in [0, 0.1) is 17.1 Å². The Kier molecular flexibility index (Phi) is 4.75. The van der Waals surface area contributed by atoms with Gasteiger partial charge < -0.3 is 10.2 Å². The van der Waals surface area contributed by atoms with Crippen molar-refractivity contribution in [3.63, 3.8) is 0 Å². The first-order chi connectivity index (χ1) is 9.21. The molecule has 1 saturated heterocycles. The summed E-state index contributed by atoms with van der Waals surface area (Å²) in [6.45, 7) is 5.53. The topological polar surface area (TPSA) is 39.1 Å². The quantitative estimate of drug-likeness (QED) is 0.905. The molecule has 0 saturated carbocycles. The van der Waals surface area contributed by atoms with Gasteiger partial charge in [0.25, 0.3) is 0 Å². The van der Waals surface area contributed by atoms with Crippen LogP contribution in [0.3, 0.4) is 0 Å².